The maximum absolute atomic E-state index is 5.21. The first-order valence-corrected chi connectivity index (χ1v) is 7.65. The van der Waals surface area contributed by atoms with Crippen molar-refractivity contribution in [3.05, 3.63) is 48.0 Å². The van der Waals surface area contributed by atoms with Crippen molar-refractivity contribution in [1.29, 1.82) is 0 Å². The summed E-state index contributed by atoms with van der Waals surface area (Å²) in [4.78, 5) is 4.56. The summed E-state index contributed by atoms with van der Waals surface area (Å²) in [7, 11) is 1.69. The van der Waals surface area contributed by atoms with E-state index in [4.69, 9.17) is 4.74 Å². The Hall–Kier alpha value is -1.81. The summed E-state index contributed by atoms with van der Waals surface area (Å²) in [5.74, 6) is 2.01. The van der Waals surface area contributed by atoms with Gasteiger partial charge in [0.15, 0.2) is 0 Å². The Labute approximate surface area is 127 Å². The Bertz CT molecular complexity index is 533. The third kappa shape index (κ3) is 4.08. The molecule has 0 spiro atoms. The van der Waals surface area contributed by atoms with Gasteiger partial charge in [-0.05, 0) is 37.1 Å². The zero-order valence-electron chi connectivity index (χ0n) is 13.2. The van der Waals surface area contributed by atoms with E-state index in [1.165, 1.54) is 5.56 Å². The van der Waals surface area contributed by atoms with Crippen molar-refractivity contribution in [2.75, 3.05) is 13.7 Å². The number of likely N-dealkylation sites (N-methyl/N-ethyl adjacent to an activating group) is 1. The number of aryl methyl sites for hydroxylation is 1. The zero-order valence-corrected chi connectivity index (χ0v) is 13.2. The highest BCUT2D eigenvalue weighted by atomic mass is 16.5. The number of hydrogen-bond donors (Lipinski definition) is 1. The summed E-state index contributed by atoms with van der Waals surface area (Å²) in [6.45, 7) is 6.27. The van der Waals surface area contributed by atoms with Crippen molar-refractivity contribution in [3.8, 4) is 5.75 Å². The molecule has 0 aliphatic rings. The van der Waals surface area contributed by atoms with Crippen LogP contribution in [-0.4, -0.2) is 23.2 Å². The van der Waals surface area contributed by atoms with Crippen molar-refractivity contribution < 1.29 is 4.74 Å². The molecule has 1 atom stereocenters. The molecule has 4 heteroatoms. The minimum absolute atomic E-state index is 0.241. The van der Waals surface area contributed by atoms with Gasteiger partial charge >= 0.3 is 0 Å². The van der Waals surface area contributed by atoms with E-state index in [-0.39, 0.29) is 6.04 Å². The van der Waals surface area contributed by atoms with Gasteiger partial charge in [0.2, 0.25) is 0 Å². The standard InChI is InChI=1S/C17H25N3O/c1-4-11-20-12-10-19-17(20)16(18-5-2)13-14-6-8-15(21-3)9-7-14/h6-10,12,16,18H,4-5,11,13H2,1-3H3. The first kappa shape index (κ1) is 15.6. The number of hydrogen-bond acceptors (Lipinski definition) is 3. The van der Waals surface area contributed by atoms with Crippen LogP contribution < -0.4 is 10.1 Å². The number of methoxy groups -OCH3 is 1. The second-order valence-corrected chi connectivity index (χ2v) is 5.14. The number of ether oxygens (including phenoxy) is 1. The number of nitrogens with one attached hydrogen (secondary N) is 1. The van der Waals surface area contributed by atoms with Gasteiger partial charge in [-0.15, -0.1) is 0 Å². The molecule has 2 aromatic rings. The fraction of sp³-hybridized carbons (Fsp3) is 0.471. The molecule has 114 valence electrons. The average Bonchev–Trinajstić information content (AvgIpc) is 2.96. The van der Waals surface area contributed by atoms with Gasteiger partial charge in [0.1, 0.15) is 11.6 Å². The van der Waals surface area contributed by atoms with Crippen LogP contribution in [0.2, 0.25) is 0 Å². The Morgan fingerprint density at radius 1 is 1.24 bits per heavy atom. The third-order valence-electron chi connectivity index (χ3n) is 3.57. The van der Waals surface area contributed by atoms with Crippen LogP contribution >= 0.6 is 0 Å². The third-order valence-corrected chi connectivity index (χ3v) is 3.57. The molecule has 2 rings (SSSR count). The van der Waals surface area contributed by atoms with Crippen LogP contribution in [-0.2, 0) is 13.0 Å². The lowest BCUT2D eigenvalue weighted by atomic mass is 10.0. The average molecular weight is 287 g/mol. The SMILES string of the molecule is CCCn1ccnc1C(Cc1ccc(OC)cc1)NCC. The number of nitrogens with zero attached hydrogens (tertiary/aromatic N) is 2. The minimum atomic E-state index is 0.241. The molecule has 0 radical (unpaired) electrons. The van der Waals surface area contributed by atoms with E-state index in [9.17, 15) is 0 Å². The molecule has 1 aromatic carbocycles. The molecule has 1 heterocycles. The van der Waals surface area contributed by atoms with Crippen LogP contribution in [0.1, 0.15) is 37.7 Å². The number of aromatic nitrogens is 2. The quantitative estimate of drug-likeness (QED) is 0.810. The van der Waals surface area contributed by atoms with Crippen LogP contribution in [0.15, 0.2) is 36.7 Å². The minimum Gasteiger partial charge on any atom is -0.497 e. The molecule has 0 bridgehead atoms. The van der Waals surface area contributed by atoms with Gasteiger partial charge in [0.25, 0.3) is 0 Å². The number of imidazole rings is 1. The lowest BCUT2D eigenvalue weighted by Gasteiger charge is -2.19. The predicted octanol–water partition coefficient (Wildman–Crippen LogP) is 3.20. The monoisotopic (exact) mass is 287 g/mol. The molecule has 4 nitrogen and oxygen atoms in total. The van der Waals surface area contributed by atoms with Gasteiger partial charge in [0.05, 0.1) is 13.2 Å². The molecule has 21 heavy (non-hydrogen) atoms. The van der Waals surface area contributed by atoms with Crippen molar-refractivity contribution in [3.63, 3.8) is 0 Å². The summed E-state index contributed by atoms with van der Waals surface area (Å²) >= 11 is 0. The molecule has 0 aliphatic carbocycles. The normalized spacial score (nSPS) is 12.3. The second kappa shape index (κ2) is 7.84. The molecule has 1 aromatic heterocycles. The maximum atomic E-state index is 5.21. The maximum Gasteiger partial charge on any atom is 0.126 e. The Morgan fingerprint density at radius 3 is 2.62 bits per heavy atom. The van der Waals surface area contributed by atoms with Crippen LogP contribution in [0.3, 0.4) is 0 Å². The topological polar surface area (TPSA) is 39.1 Å². The first-order chi connectivity index (χ1) is 10.3. The van der Waals surface area contributed by atoms with Gasteiger partial charge in [0, 0.05) is 18.9 Å². The summed E-state index contributed by atoms with van der Waals surface area (Å²) in [5.41, 5.74) is 1.28. The van der Waals surface area contributed by atoms with E-state index in [1.54, 1.807) is 7.11 Å². The highest BCUT2D eigenvalue weighted by Crippen LogP contribution is 2.19. The van der Waals surface area contributed by atoms with E-state index in [1.807, 2.05) is 18.3 Å². The van der Waals surface area contributed by atoms with Gasteiger partial charge in [-0.1, -0.05) is 26.0 Å². The van der Waals surface area contributed by atoms with E-state index < -0.39 is 0 Å². The van der Waals surface area contributed by atoms with E-state index in [0.717, 1.165) is 37.5 Å². The van der Waals surface area contributed by atoms with Crippen LogP contribution in [0.25, 0.3) is 0 Å². The van der Waals surface area contributed by atoms with Crippen LogP contribution in [0.4, 0.5) is 0 Å². The van der Waals surface area contributed by atoms with Crippen molar-refractivity contribution in [1.82, 2.24) is 14.9 Å². The summed E-state index contributed by atoms with van der Waals surface area (Å²) in [6, 6.07) is 8.50. The molecular formula is C17H25N3O. The molecule has 1 unspecified atom stereocenters. The van der Waals surface area contributed by atoms with E-state index in [2.05, 4.69) is 47.0 Å². The zero-order chi connectivity index (χ0) is 15.1. The lowest BCUT2D eigenvalue weighted by Crippen LogP contribution is -2.26. The summed E-state index contributed by atoms with van der Waals surface area (Å²) in [6.07, 6.45) is 6.00. The molecular weight excluding hydrogens is 262 g/mol. The fourth-order valence-electron chi connectivity index (χ4n) is 2.56. The Morgan fingerprint density at radius 2 is 2.00 bits per heavy atom. The van der Waals surface area contributed by atoms with Gasteiger partial charge in [-0.3, -0.25) is 0 Å². The molecule has 0 aliphatic heterocycles. The largest absolute Gasteiger partial charge is 0.497 e. The second-order valence-electron chi connectivity index (χ2n) is 5.14. The smallest absolute Gasteiger partial charge is 0.126 e. The van der Waals surface area contributed by atoms with Crippen molar-refractivity contribution in [2.45, 2.75) is 39.3 Å². The number of rotatable bonds is 8. The van der Waals surface area contributed by atoms with Crippen molar-refractivity contribution in [2.24, 2.45) is 0 Å². The summed E-state index contributed by atoms with van der Waals surface area (Å²) in [5, 5.41) is 3.55. The molecule has 1 N–H and O–H groups in total. The molecule has 0 saturated heterocycles. The molecule has 0 amide bonds. The molecule has 0 saturated carbocycles. The summed E-state index contributed by atoms with van der Waals surface area (Å²) < 4.78 is 7.46. The van der Waals surface area contributed by atoms with Gasteiger partial charge < -0.3 is 14.6 Å². The van der Waals surface area contributed by atoms with E-state index in [0.29, 0.717) is 0 Å². The van der Waals surface area contributed by atoms with Crippen molar-refractivity contribution >= 4 is 0 Å². The highest BCUT2D eigenvalue weighted by molar-refractivity contribution is 5.28. The van der Waals surface area contributed by atoms with E-state index >= 15 is 0 Å². The van der Waals surface area contributed by atoms with Gasteiger partial charge in [-0.2, -0.15) is 0 Å². The Balaban J connectivity index is 2.15. The first-order valence-electron chi connectivity index (χ1n) is 7.65. The molecule has 0 fully saturated rings. The predicted molar refractivity (Wildman–Crippen MR) is 85.6 cm³/mol. The number of benzene rings is 1. The highest BCUT2D eigenvalue weighted by Gasteiger charge is 2.16. The Kier molecular flexibility index (Phi) is 5.81. The van der Waals surface area contributed by atoms with Crippen LogP contribution in [0.5, 0.6) is 5.75 Å². The van der Waals surface area contributed by atoms with Gasteiger partial charge in [-0.25, -0.2) is 4.98 Å². The van der Waals surface area contributed by atoms with Crippen LogP contribution in [0, 0.1) is 0 Å². The fourth-order valence-corrected chi connectivity index (χ4v) is 2.56. The lowest BCUT2D eigenvalue weighted by molar-refractivity contribution is 0.414.